The molecule has 156 valence electrons. The molecule has 0 unspecified atom stereocenters. The second-order valence-electron chi connectivity index (χ2n) is 8.18. The lowest BCUT2D eigenvalue weighted by molar-refractivity contribution is 0.0532. The number of benzene rings is 2. The van der Waals surface area contributed by atoms with E-state index in [0.29, 0.717) is 18.8 Å². The predicted octanol–water partition coefficient (Wildman–Crippen LogP) is 3.13. The zero-order valence-corrected chi connectivity index (χ0v) is 18.0. The van der Waals surface area contributed by atoms with Crippen molar-refractivity contribution in [1.29, 1.82) is 0 Å². The summed E-state index contributed by atoms with van der Waals surface area (Å²) >= 11 is 0. The molecule has 0 N–H and O–H groups in total. The van der Waals surface area contributed by atoms with Gasteiger partial charge < -0.3 is 9.47 Å². The van der Waals surface area contributed by atoms with Crippen LogP contribution in [0.1, 0.15) is 25.8 Å². The van der Waals surface area contributed by atoms with E-state index >= 15 is 0 Å². The van der Waals surface area contributed by atoms with Gasteiger partial charge in [-0.25, -0.2) is 8.42 Å². The van der Waals surface area contributed by atoms with Crippen LogP contribution in [-0.4, -0.2) is 56.0 Å². The van der Waals surface area contributed by atoms with Crippen molar-refractivity contribution >= 4 is 10.0 Å². The molecule has 1 atom stereocenters. The van der Waals surface area contributed by atoms with Gasteiger partial charge in [0.15, 0.2) is 0 Å². The fourth-order valence-electron chi connectivity index (χ4n) is 4.23. The van der Waals surface area contributed by atoms with Crippen LogP contribution >= 0.6 is 0 Å². The highest BCUT2D eigenvalue weighted by Gasteiger charge is 2.48. The smallest absolute Gasteiger partial charge is 0.247 e. The number of hydrogen-bond donors (Lipinski definition) is 0. The number of sulfonamides is 1. The van der Waals surface area contributed by atoms with Crippen LogP contribution in [0.4, 0.5) is 0 Å². The Bertz CT molecular complexity index is 975. The van der Waals surface area contributed by atoms with Gasteiger partial charge in [-0.3, -0.25) is 4.90 Å². The molecule has 4 rings (SSSR count). The standard InChI is InChI=1S/C22H28N2O4S/c1-17(2)24-16-22(28-20-6-4-5-7-21(20)29(24,25)26)12-13-23(15-22)14-18-8-10-19(27-3)11-9-18/h4-11,17H,12-16H2,1-3H3/t22-/m0/s1. The van der Waals surface area contributed by atoms with E-state index < -0.39 is 15.6 Å². The summed E-state index contributed by atoms with van der Waals surface area (Å²) in [5.74, 6) is 1.30. The van der Waals surface area contributed by atoms with Crippen LogP contribution in [0.2, 0.25) is 0 Å². The van der Waals surface area contributed by atoms with Gasteiger partial charge in [-0.2, -0.15) is 4.31 Å². The minimum absolute atomic E-state index is 0.137. The van der Waals surface area contributed by atoms with Gasteiger partial charge in [0.2, 0.25) is 10.0 Å². The maximum atomic E-state index is 13.3. The fourth-order valence-corrected chi connectivity index (χ4v) is 6.06. The van der Waals surface area contributed by atoms with Gasteiger partial charge >= 0.3 is 0 Å². The first-order valence-corrected chi connectivity index (χ1v) is 11.4. The quantitative estimate of drug-likeness (QED) is 0.766. The number of ether oxygens (including phenoxy) is 2. The molecule has 2 aliphatic heterocycles. The lowest BCUT2D eigenvalue weighted by atomic mass is 10.0. The van der Waals surface area contributed by atoms with E-state index in [0.717, 1.165) is 25.3 Å². The molecular formula is C22H28N2O4S. The van der Waals surface area contributed by atoms with Crippen LogP contribution in [0.3, 0.4) is 0 Å². The monoisotopic (exact) mass is 416 g/mol. The van der Waals surface area contributed by atoms with Gasteiger partial charge in [0.05, 0.1) is 13.7 Å². The third kappa shape index (κ3) is 3.86. The number of rotatable bonds is 4. The van der Waals surface area contributed by atoms with Gasteiger partial charge in [0.1, 0.15) is 22.0 Å². The molecule has 0 saturated carbocycles. The zero-order valence-electron chi connectivity index (χ0n) is 17.2. The predicted molar refractivity (Wildman–Crippen MR) is 112 cm³/mol. The van der Waals surface area contributed by atoms with E-state index in [1.54, 1.807) is 29.6 Å². The Morgan fingerprint density at radius 2 is 1.83 bits per heavy atom. The Hall–Kier alpha value is -2.09. The molecule has 2 aromatic carbocycles. The van der Waals surface area contributed by atoms with Crippen molar-refractivity contribution in [3.05, 3.63) is 54.1 Å². The van der Waals surface area contributed by atoms with Gasteiger partial charge in [0.25, 0.3) is 0 Å². The molecule has 0 aliphatic carbocycles. The highest BCUT2D eigenvalue weighted by atomic mass is 32.2. The molecule has 2 aliphatic rings. The van der Waals surface area contributed by atoms with Gasteiger partial charge in [-0.15, -0.1) is 0 Å². The Kier molecular flexibility index (Phi) is 5.31. The summed E-state index contributed by atoms with van der Waals surface area (Å²) in [6.07, 6.45) is 0.788. The average Bonchev–Trinajstić information content (AvgIpc) is 3.04. The molecule has 1 fully saturated rings. The molecule has 0 radical (unpaired) electrons. The molecule has 0 amide bonds. The Labute approximate surface area is 173 Å². The van der Waals surface area contributed by atoms with Crippen LogP contribution in [0, 0.1) is 0 Å². The van der Waals surface area contributed by atoms with Crippen molar-refractivity contribution in [3.63, 3.8) is 0 Å². The van der Waals surface area contributed by atoms with E-state index in [2.05, 4.69) is 17.0 Å². The second kappa shape index (κ2) is 7.63. The van der Waals surface area contributed by atoms with E-state index in [1.165, 1.54) is 5.56 Å². The Morgan fingerprint density at radius 3 is 2.52 bits per heavy atom. The van der Waals surface area contributed by atoms with Crippen LogP contribution in [0.5, 0.6) is 11.5 Å². The van der Waals surface area contributed by atoms with E-state index in [1.807, 2.05) is 32.0 Å². The summed E-state index contributed by atoms with van der Waals surface area (Å²) in [5.41, 5.74) is 0.654. The number of methoxy groups -OCH3 is 1. The summed E-state index contributed by atoms with van der Waals surface area (Å²) in [6.45, 7) is 6.55. The Balaban J connectivity index is 1.60. The summed E-state index contributed by atoms with van der Waals surface area (Å²) in [6, 6.07) is 14.9. The van der Waals surface area contributed by atoms with E-state index in [9.17, 15) is 8.42 Å². The molecule has 29 heavy (non-hydrogen) atoms. The normalized spacial score (nSPS) is 24.3. The van der Waals surface area contributed by atoms with Crippen LogP contribution in [0.25, 0.3) is 0 Å². The Morgan fingerprint density at radius 1 is 1.10 bits per heavy atom. The van der Waals surface area contributed by atoms with Crippen LogP contribution in [-0.2, 0) is 16.6 Å². The van der Waals surface area contributed by atoms with Crippen molar-refractivity contribution < 1.29 is 17.9 Å². The van der Waals surface area contributed by atoms with Crippen molar-refractivity contribution in [1.82, 2.24) is 9.21 Å². The van der Waals surface area contributed by atoms with Gasteiger partial charge in [0, 0.05) is 32.1 Å². The maximum absolute atomic E-state index is 13.3. The third-order valence-corrected chi connectivity index (χ3v) is 7.80. The molecule has 1 saturated heterocycles. The fraction of sp³-hybridized carbons (Fsp3) is 0.455. The van der Waals surface area contributed by atoms with Crippen LogP contribution < -0.4 is 9.47 Å². The largest absolute Gasteiger partial charge is 0.497 e. The highest BCUT2D eigenvalue weighted by molar-refractivity contribution is 7.89. The number of hydrogen-bond acceptors (Lipinski definition) is 5. The first kappa shape index (κ1) is 20.2. The first-order chi connectivity index (χ1) is 13.8. The molecular weight excluding hydrogens is 388 g/mol. The number of likely N-dealkylation sites (tertiary alicyclic amines) is 1. The van der Waals surface area contributed by atoms with Crippen molar-refractivity contribution in [2.24, 2.45) is 0 Å². The number of para-hydroxylation sites is 1. The zero-order chi connectivity index (χ0) is 20.6. The van der Waals surface area contributed by atoms with E-state index in [4.69, 9.17) is 9.47 Å². The van der Waals surface area contributed by atoms with Gasteiger partial charge in [-0.05, 0) is 43.7 Å². The molecule has 0 bridgehead atoms. The van der Waals surface area contributed by atoms with Crippen LogP contribution in [0.15, 0.2) is 53.4 Å². The molecule has 2 aromatic rings. The van der Waals surface area contributed by atoms with Gasteiger partial charge in [-0.1, -0.05) is 24.3 Å². The van der Waals surface area contributed by atoms with E-state index in [-0.39, 0.29) is 10.9 Å². The average molecular weight is 417 g/mol. The first-order valence-electron chi connectivity index (χ1n) is 9.98. The van der Waals surface area contributed by atoms with Crippen molar-refractivity contribution in [2.45, 2.75) is 43.4 Å². The lowest BCUT2D eigenvalue weighted by Gasteiger charge is -2.33. The van der Waals surface area contributed by atoms with Crippen molar-refractivity contribution in [3.8, 4) is 11.5 Å². The topological polar surface area (TPSA) is 59.1 Å². The third-order valence-electron chi connectivity index (χ3n) is 5.74. The summed E-state index contributed by atoms with van der Waals surface area (Å²) in [4.78, 5) is 2.60. The molecule has 6 nitrogen and oxygen atoms in total. The molecule has 0 aromatic heterocycles. The van der Waals surface area contributed by atoms with Crippen molar-refractivity contribution in [2.75, 3.05) is 26.7 Å². The summed E-state index contributed by atoms with van der Waals surface area (Å²) in [5, 5.41) is 0. The summed E-state index contributed by atoms with van der Waals surface area (Å²) < 4.78 is 39.8. The molecule has 7 heteroatoms. The second-order valence-corrected chi connectivity index (χ2v) is 10.0. The number of fused-ring (bicyclic) bond motifs is 1. The minimum atomic E-state index is -3.59. The molecule has 2 heterocycles. The minimum Gasteiger partial charge on any atom is -0.497 e. The highest BCUT2D eigenvalue weighted by Crippen LogP contribution is 2.39. The lowest BCUT2D eigenvalue weighted by Crippen LogP contribution is -2.51. The summed E-state index contributed by atoms with van der Waals surface area (Å²) in [7, 11) is -1.93. The molecule has 1 spiro atoms. The maximum Gasteiger partial charge on any atom is 0.247 e. The number of nitrogens with zero attached hydrogens (tertiary/aromatic N) is 2. The SMILES string of the molecule is COc1ccc(CN2CC[C@]3(C2)CN(C(C)C)S(=O)(=O)c2ccccc2O3)cc1.